The molecule has 21 heavy (non-hydrogen) atoms. The van der Waals surface area contributed by atoms with Crippen molar-refractivity contribution in [2.75, 3.05) is 13.8 Å². The third kappa shape index (κ3) is 2.60. The summed E-state index contributed by atoms with van der Waals surface area (Å²) < 4.78 is 10.5. The van der Waals surface area contributed by atoms with Crippen LogP contribution in [-0.4, -0.2) is 29.6 Å². The van der Waals surface area contributed by atoms with Gasteiger partial charge >= 0.3 is 0 Å². The van der Waals surface area contributed by atoms with Crippen LogP contribution in [0.1, 0.15) is 15.9 Å². The van der Waals surface area contributed by atoms with Crippen LogP contribution in [0.25, 0.3) is 0 Å². The molecule has 0 fully saturated rings. The minimum absolute atomic E-state index is 0.126. The van der Waals surface area contributed by atoms with Crippen LogP contribution in [0.15, 0.2) is 41.5 Å². The lowest BCUT2D eigenvalue weighted by molar-refractivity contribution is 0.0783. The van der Waals surface area contributed by atoms with Crippen molar-refractivity contribution in [3.8, 4) is 11.5 Å². The number of nitrogens with zero attached hydrogens (tertiary/aromatic N) is 1. The second-order valence-electron chi connectivity index (χ2n) is 4.77. The van der Waals surface area contributed by atoms with Crippen LogP contribution in [0.2, 0.25) is 0 Å². The second-order valence-corrected chi connectivity index (χ2v) is 4.77. The first-order valence-corrected chi connectivity index (χ1v) is 6.46. The number of carbonyl (C=O) groups is 1. The summed E-state index contributed by atoms with van der Waals surface area (Å²) in [5.74, 6) is 1.05. The standard InChI is InChI=1S/C15H14N2O4/c1-17(15(19)11-7-16-5-4-12(11)18)8-10-2-3-13-14(6-10)21-9-20-13/h2-7H,8-9H2,1H3,(H,16,18). The molecule has 0 unspecified atom stereocenters. The highest BCUT2D eigenvalue weighted by Crippen LogP contribution is 2.32. The van der Waals surface area contributed by atoms with E-state index in [0.29, 0.717) is 18.0 Å². The lowest BCUT2D eigenvalue weighted by atomic mass is 10.1. The zero-order valence-electron chi connectivity index (χ0n) is 11.5. The fraction of sp³-hybridized carbons (Fsp3) is 0.200. The van der Waals surface area contributed by atoms with E-state index < -0.39 is 0 Å². The van der Waals surface area contributed by atoms with Crippen LogP contribution in [0.5, 0.6) is 11.5 Å². The molecule has 2 aromatic rings. The van der Waals surface area contributed by atoms with Gasteiger partial charge in [-0.3, -0.25) is 9.59 Å². The highest BCUT2D eigenvalue weighted by molar-refractivity contribution is 5.93. The number of hydrogen-bond donors (Lipinski definition) is 1. The molecule has 2 heterocycles. The Bertz CT molecular complexity index is 738. The van der Waals surface area contributed by atoms with Gasteiger partial charge in [0.05, 0.1) is 0 Å². The monoisotopic (exact) mass is 286 g/mol. The number of fused-ring (bicyclic) bond motifs is 1. The predicted octanol–water partition coefficient (Wildman–Crippen LogP) is 1.38. The maximum atomic E-state index is 12.3. The zero-order chi connectivity index (χ0) is 14.8. The van der Waals surface area contributed by atoms with Crippen LogP contribution in [0, 0.1) is 0 Å². The van der Waals surface area contributed by atoms with Crippen LogP contribution in [0.3, 0.4) is 0 Å². The topological polar surface area (TPSA) is 71.6 Å². The Morgan fingerprint density at radius 3 is 2.90 bits per heavy atom. The van der Waals surface area contributed by atoms with Gasteiger partial charge in [-0.05, 0) is 17.7 Å². The molecule has 1 aromatic carbocycles. The molecular formula is C15H14N2O4. The summed E-state index contributed by atoms with van der Waals surface area (Å²) >= 11 is 0. The number of H-pyrrole nitrogens is 1. The lowest BCUT2D eigenvalue weighted by Gasteiger charge is -2.17. The second kappa shape index (κ2) is 5.32. The summed E-state index contributed by atoms with van der Waals surface area (Å²) in [4.78, 5) is 28.2. The number of aromatic nitrogens is 1. The van der Waals surface area contributed by atoms with E-state index in [9.17, 15) is 9.59 Å². The molecule has 0 spiro atoms. The minimum atomic E-state index is -0.325. The summed E-state index contributed by atoms with van der Waals surface area (Å²) in [5, 5.41) is 0. The first-order chi connectivity index (χ1) is 10.1. The van der Waals surface area contributed by atoms with E-state index in [-0.39, 0.29) is 23.7 Å². The average Bonchev–Trinajstić information content (AvgIpc) is 2.94. The van der Waals surface area contributed by atoms with E-state index in [1.54, 1.807) is 7.05 Å². The van der Waals surface area contributed by atoms with Crippen molar-refractivity contribution in [1.82, 2.24) is 9.88 Å². The third-order valence-electron chi connectivity index (χ3n) is 3.26. The molecule has 1 aromatic heterocycles. The first-order valence-electron chi connectivity index (χ1n) is 6.46. The number of aromatic amines is 1. The molecule has 0 radical (unpaired) electrons. The maximum Gasteiger partial charge on any atom is 0.259 e. The number of amides is 1. The van der Waals surface area contributed by atoms with Gasteiger partial charge in [-0.15, -0.1) is 0 Å². The number of nitrogens with one attached hydrogen (secondary N) is 1. The van der Waals surface area contributed by atoms with Gasteiger partial charge in [-0.2, -0.15) is 0 Å². The number of pyridine rings is 1. The number of rotatable bonds is 3. The molecule has 1 aliphatic heterocycles. The van der Waals surface area contributed by atoms with Gasteiger partial charge < -0.3 is 19.4 Å². The molecule has 0 atom stereocenters. The summed E-state index contributed by atoms with van der Waals surface area (Å²) in [6.07, 6.45) is 2.91. The summed E-state index contributed by atoms with van der Waals surface area (Å²) in [5.41, 5.74) is 0.736. The molecular weight excluding hydrogens is 272 g/mol. The van der Waals surface area contributed by atoms with Crippen LogP contribution >= 0.6 is 0 Å². The van der Waals surface area contributed by atoms with Crippen molar-refractivity contribution < 1.29 is 14.3 Å². The molecule has 6 nitrogen and oxygen atoms in total. The Morgan fingerprint density at radius 2 is 2.10 bits per heavy atom. The molecule has 6 heteroatoms. The Kier molecular flexibility index (Phi) is 3.35. The van der Waals surface area contributed by atoms with Gasteiger partial charge in [0.15, 0.2) is 16.9 Å². The highest BCUT2D eigenvalue weighted by atomic mass is 16.7. The van der Waals surface area contributed by atoms with E-state index in [4.69, 9.17) is 9.47 Å². The van der Waals surface area contributed by atoms with Gasteiger partial charge in [0.25, 0.3) is 5.91 Å². The van der Waals surface area contributed by atoms with E-state index in [2.05, 4.69) is 4.98 Å². The first kappa shape index (κ1) is 13.2. The van der Waals surface area contributed by atoms with Crippen LogP contribution in [0.4, 0.5) is 0 Å². The third-order valence-corrected chi connectivity index (χ3v) is 3.26. The quantitative estimate of drug-likeness (QED) is 0.925. The number of ether oxygens (including phenoxy) is 2. The van der Waals surface area contributed by atoms with Crippen LogP contribution in [-0.2, 0) is 6.54 Å². The molecule has 0 aliphatic carbocycles. The van der Waals surface area contributed by atoms with E-state index in [1.807, 2.05) is 18.2 Å². The van der Waals surface area contributed by atoms with Gasteiger partial charge in [-0.25, -0.2) is 0 Å². The fourth-order valence-electron chi connectivity index (χ4n) is 2.17. The van der Waals surface area contributed by atoms with E-state index in [1.165, 1.54) is 23.4 Å². The van der Waals surface area contributed by atoms with E-state index in [0.717, 1.165) is 5.56 Å². The predicted molar refractivity (Wildman–Crippen MR) is 75.4 cm³/mol. The van der Waals surface area contributed by atoms with Crippen molar-refractivity contribution in [3.63, 3.8) is 0 Å². The molecule has 0 bridgehead atoms. The van der Waals surface area contributed by atoms with Crippen molar-refractivity contribution in [3.05, 3.63) is 58.0 Å². The highest BCUT2D eigenvalue weighted by Gasteiger charge is 2.17. The van der Waals surface area contributed by atoms with Gasteiger partial charge in [0, 0.05) is 32.1 Å². The summed E-state index contributed by atoms with van der Waals surface area (Å²) in [6, 6.07) is 6.85. The average molecular weight is 286 g/mol. The fourth-order valence-corrected chi connectivity index (χ4v) is 2.17. The maximum absolute atomic E-state index is 12.3. The van der Waals surface area contributed by atoms with E-state index >= 15 is 0 Å². The number of benzene rings is 1. The Labute approximate surface area is 120 Å². The van der Waals surface area contributed by atoms with Crippen molar-refractivity contribution >= 4 is 5.91 Å². The Balaban J connectivity index is 1.77. The zero-order valence-corrected chi connectivity index (χ0v) is 11.5. The molecule has 1 amide bonds. The summed E-state index contributed by atoms with van der Waals surface area (Å²) in [6.45, 7) is 0.594. The molecule has 0 saturated heterocycles. The van der Waals surface area contributed by atoms with Crippen molar-refractivity contribution in [2.24, 2.45) is 0 Å². The van der Waals surface area contributed by atoms with Crippen molar-refractivity contribution in [2.45, 2.75) is 6.54 Å². The van der Waals surface area contributed by atoms with Crippen molar-refractivity contribution in [1.29, 1.82) is 0 Å². The van der Waals surface area contributed by atoms with Gasteiger partial charge in [0.1, 0.15) is 5.56 Å². The normalized spacial score (nSPS) is 12.2. The smallest absolute Gasteiger partial charge is 0.259 e. The lowest BCUT2D eigenvalue weighted by Crippen LogP contribution is -2.30. The number of carbonyl (C=O) groups excluding carboxylic acids is 1. The van der Waals surface area contributed by atoms with Gasteiger partial charge in [0.2, 0.25) is 6.79 Å². The SMILES string of the molecule is CN(Cc1ccc2c(c1)OCO2)C(=O)c1c[nH]ccc1=O. The largest absolute Gasteiger partial charge is 0.454 e. The summed E-state index contributed by atoms with van der Waals surface area (Å²) in [7, 11) is 1.65. The minimum Gasteiger partial charge on any atom is -0.454 e. The molecule has 1 N–H and O–H groups in total. The molecule has 1 aliphatic rings. The van der Waals surface area contributed by atoms with Crippen LogP contribution < -0.4 is 14.9 Å². The van der Waals surface area contributed by atoms with Gasteiger partial charge in [-0.1, -0.05) is 6.07 Å². The molecule has 108 valence electrons. The Hall–Kier alpha value is -2.76. The Morgan fingerprint density at radius 1 is 1.29 bits per heavy atom. The number of hydrogen-bond acceptors (Lipinski definition) is 4. The molecule has 0 saturated carbocycles. The molecule has 3 rings (SSSR count).